The summed E-state index contributed by atoms with van der Waals surface area (Å²) in [6, 6.07) is 0.646. The maximum absolute atomic E-state index is 5.32. The Morgan fingerprint density at radius 2 is 2.00 bits per heavy atom. The molecule has 1 unspecified atom stereocenters. The number of halogens is 1. The molecule has 6 heteroatoms. The predicted octanol–water partition coefficient (Wildman–Crippen LogP) is 2.85. The molecule has 2 fully saturated rings. The number of likely N-dealkylation sites (tertiary alicyclic amines) is 1. The van der Waals surface area contributed by atoms with Crippen molar-refractivity contribution < 1.29 is 4.74 Å². The highest BCUT2D eigenvalue weighted by molar-refractivity contribution is 14.0. The molecule has 0 radical (unpaired) electrons. The van der Waals surface area contributed by atoms with Gasteiger partial charge in [0.15, 0.2) is 5.96 Å². The molecular weight excluding hydrogens is 415 g/mol. The fourth-order valence-corrected chi connectivity index (χ4v) is 3.97. The molecule has 2 N–H and O–H groups in total. The van der Waals surface area contributed by atoms with Gasteiger partial charge in [0.1, 0.15) is 0 Å². The summed E-state index contributed by atoms with van der Waals surface area (Å²) < 4.78 is 5.32. The van der Waals surface area contributed by atoms with Crippen molar-refractivity contribution in [1.82, 2.24) is 15.5 Å². The Balaban J connectivity index is 0.00000288. The van der Waals surface area contributed by atoms with Gasteiger partial charge in [0.2, 0.25) is 0 Å². The first-order valence-corrected chi connectivity index (χ1v) is 9.40. The summed E-state index contributed by atoms with van der Waals surface area (Å²) in [5.41, 5.74) is 0.364. The summed E-state index contributed by atoms with van der Waals surface area (Å²) in [7, 11) is 4.03. The molecule has 1 aliphatic heterocycles. The fourth-order valence-electron chi connectivity index (χ4n) is 3.97. The van der Waals surface area contributed by atoms with E-state index in [1.807, 2.05) is 0 Å². The van der Waals surface area contributed by atoms with Crippen LogP contribution < -0.4 is 10.6 Å². The Hall–Kier alpha value is -0.0800. The monoisotopic (exact) mass is 452 g/mol. The van der Waals surface area contributed by atoms with Crippen molar-refractivity contribution in [2.45, 2.75) is 57.9 Å². The van der Waals surface area contributed by atoms with Gasteiger partial charge in [-0.05, 0) is 58.0 Å². The zero-order chi connectivity index (χ0) is 16.5. The van der Waals surface area contributed by atoms with E-state index in [0.29, 0.717) is 11.5 Å². The lowest BCUT2D eigenvalue weighted by molar-refractivity contribution is 0.141. The van der Waals surface area contributed by atoms with Crippen molar-refractivity contribution in [2.24, 2.45) is 10.4 Å². The van der Waals surface area contributed by atoms with Gasteiger partial charge in [-0.15, -0.1) is 24.0 Å². The van der Waals surface area contributed by atoms with E-state index in [-0.39, 0.29) is 24.0 Å². The van der Waals surface area contributed by atoms with Crippen molar-refractivity contribution in [3.05, 3.63) is 0 Å². The molecule has 5 nitrogen and oxygen atoms in total. The van der Waals surface area contributed by atoms with Crippen molar-refractivity contribution >= 4 is 29.9 Å². The maximum Gasteiger partial charge on any atom is 0.191 e. The van der Waals surface area contributed by atoms with Crippen LogP contribution in [0.1, 0.15) is 51.9 Å². The lowest BCUT2D eigenvalue weighted by Gasteiger charge is -2.27. The Morgan fingerprint density at radius 3 is 2.58 bits per heavy atom. The first-order valence-electron chi connectivity index (χ1n) is 9.40. The third kappa shape index (κ3) is 6.67. The van der Waals surface area contributed by atoms with Crippen molar-refractivity contribution in [3.63, 3.8) is 0 Å². The average molecular weight is 452 g/mol. The van der Waals surface area contributed by atoms with Gasteiger partial charge < -0.3 is 20.3 Å². The molecule has 0 aromatic heterocycles. The number of rotatable bonds is 8. The van der Waals surface area contributed by atoms with Crippen LogP contribution >= 0.6 is 24.0 Å². The van der Waals surface area contributed by atoms with Crippen LogP contribution in [0, 0.1) is 5.41 Å². The third-order valence-corrected chi connectivity index (χ3v) is 5.59. The predicted molar refractivity (Wildman–Crippen MR) is 112 cm³/mol. The van der Waals surface area contributed by atoms with E-state index in [1.54, 1.807) is 7.11 Å². The quantitative estimate of drug-likeness (QED) is 0.338. The van der Waals surface area contributed by atoms with Gasteiger partial charge >= 0.3 is 0 Å². The molecule has 0 aromatic rings. The van der Waals surface area contributed by atoms with Gasteiger partial charge in [0, 0.05) is 39.4 Å². The van der Waals surface area contributed by atoms with Crippen LogP contribution in [0.15, 0.2) is 4.99 Å². The molecule has 1 aliphatic carbocycles. The van der Waals surface area contributed by atoms with Crippen LogP contribution in [0.25, 0.3) is 0 Å². The van der Waals surface area contributed by atoms with E-state index in [9.17, 15) is 0 Å². The van der Waals surface area contributed by atoms with Gasteiger partial charge in [-0.25, -0.2) is 0 Å². The first-order chi connectivity index (χ1) is 11.2. The van der Waals surface area contributed by atoms with Crippen molar-refractivity contribution in [1.29, 1.82) is 0 Å². The molecule has 0 spiro atoms. The molecule has 1 atom stereocenters. The minimum atomic E-state index is 0. The molecule has 1 heterocycles. The van der Waals surface area contributed by atoms with E-state index in [1.165, 1.54) is 45.1 Å². The summed E-state index contributed by atoms with van der Waals surface area (Å²) in [5.74, 6) is 0.983. The number of ether oxygens (including phenoxy) is 1. The summed E-state index contributed by atoms with van der Waals surface area (Å²) in [6.45, 7) is 7.04. The normalized spacial score (nSPS) is 24.0. The zero-order valence-electron chi connectivity index (χ0n) is 15.8. The highest BCUT2D eigenvalue weighted by atomic mass is 127. The molecular formula is C18H37IN4O. The lowest BCUT2D eigenvalue weighted by Crippen LogP contribution is -2.44. The number of aliphatic imine (C=N–C) groups is 1. The van der Waals surface area contributed by atoms with Crippen LogP contribution in [-0.2, 0) is 4.74 Å². The molecule has 142 valence electrons. The standard InChI is InChI=1S/C18H36N4O.HI/c1-4-19-17(20-14-16-8-7-12-22(16)2)21-15-18(11-13-23-3)9-5-6-10-18;/h16H,4-15H2,1-3H3,(H2,19,20,21);1H. The molecule has 1 saturated carbocycles. The van der Waals surface area contributed by atoms with Crippen molar-refractivity contribution in [2.75, 3.05) is 46.9 Å². The number of hydrogen-bond acceptors (Lipinski definition) is 3. The van der Waals surface area contributed by atoms with E-state index in [0.717, 1.165) is 38.6 Å². The minimum absolute atomic E-state index is 0. The number of methoxy groups -OCH3 is 1. The van der Waals surface area contributed by atoms with Crippen molar-refractivity contribution in [3.8, 4) is 0 Å². The molecule has 0 aromatic carbocycles. The first kappa shape index (κ1) is 22.0. The Bertz CT molecular complexity index is 372. The van der Waals surface area contributed by atoms with E-state index >= 15 is 0 Å². The zero-order valence-corrected chi connectivity index (χ0v) is 18.1. The second-order valence-corrected chi connectivity index (χ2v) is 7.30. The van der Waals surface area contributed by atoms with Crippen LogP contribution in [-0.4, -0.2) is 63.8 Å². The topological polar surface area (TPSA) is 48.9 Å². The smallest absolute Gasteiger partial charge is 0.191 e. The number of likely N-dealkylation sites (N-methyl/N-ethyl adjacent to an activating group) is 1. The van der Waals surface area contributed by atoms with E-state index < -0.39 is 0 Å². The summed E-state index contributed by atoms with van der Waals surface area (Å²) in [4.78, 5) is 7.38. The Labute approximate surface area is 165 Å². The maximum atomic E-state index is 5.32. The van der Waals surface area contributed by atoms with Crippen LogP contribution in [0.5, 0.6) is 0 Å². The fraction of sp³-hybridized carbons (Fsp3) is 0.944. The molecule has 1 saturated heterocycles. The SMILES string of the molecule is CCNC(=NCC1(CCOC)CCCC1)NCC1CCCN1C.I. The second kappa shape index (κ2) is 11.5. The van der Waals surface area contributed by atoms with Gasteiger partial charge in [0.05, 0.1) is 0 Å². The Kier molecular flexibility index (Phi) is 10.5. The molecule has 2 rings (SSSR count). The third-order valence-electron chi connectivity index (χ3n) is 5.59. The highest BCUT2D eigenvalue weighted by Gasteiger charge is 2.33. The van der Waals surface area contributed by atoms with E-state index in [2.05, 4.69) is 29.5 Å². The number of nitrogens with one attached hydrogen (secondary N) is 2. The Morgan fingerprint density at radius 1 is 1.25 bits per heavy atom. The van der Waals surface area contributed by atoms with Crippen LogP contribution in [0.3, 0.4) is 0 Å². The summed E-state index contributed by atoms with van der Waals surface area (Å²) >= 11 is 0. The molecule has 0 amide bonds. The highest BCUT2D eigenvalue weighted by Crippen LogP contribution is 2.41. The minimum Gasteiger partial charge on any atom is -0.385 e. The van der Waals surface area contributed by atoms with Gasteiger partial charge in [-0.1, -0.05) is 12.8 Å². The van der Waals surface area contributed by atoms with Gasteiger partial charge in [-0.3, -0.25) is 4.99 Å². The summed E-state index contributed by atoms with van der Waals surface area (Å²) in [6.07, 6.45) is 9.02. The van der Waals surface area contributed by atoms with Crippen LogP contribution in [0.4, 0.5) is 0 Å². The number of hydrogen-bond donors (Lipinski definition) is 2. The van der Waals surface area contributed by atoms with E-state index in [4.69, 9.17) is 9.73 Å². The van der Waals surface area contributed by atoms with Gasteiger partial charge in [0.25, 0.3) is 0 Å². The number of nitrogens with zero attached hydrogens (tertiary/aromatic N) is 2. The molecule has 2 aliphatic rings. The largest absolute Gasteiger partial charge is 0.385 e. The second-order valence-electron chi connectivity index (χ2n) is 7.30. The van der Waals surface area contributed by atoms with Crippen LogP contribution in [0.2, 0.25) is 0 Å². The van der Waals surface area contributed by atoms with Gasteiger partial charge in [-0.2, -0.15) is 0 Å². The lowest BCUT2D eigenvalue weighted by atomic mass is 9.83. The summed E-state index contributed by atoms with van der Waals surface area (Å²) in [5, 5.41) is 6.96. The average Bonchev–Trinajstić information content (AvgIpc) is 3.18. The molecule has 0 bridgehead atoms. The molecule has 24 heavy (non-hydrogen) atoms. The number of guanidine groups is 1.